The van der Waals surface area contributed by atoms with Gasteiger partial charge in [-0.1, -0.05) is 0 Å². The van der Waals surface area contributed by atoms with Gasteiger partial charge in [-0.05, 0) is 25.1 Å². The van der Waals surface area contributed by atoms with E-state index in [1.54, 1.807) is 18.3 Å². The molecule has 2 N–H and O–H groups in total. The number of amides is 2. The predicted molar refractivity (Wildman–Crippen MR) is 69.9 cm³/mol. The Labute approximate surface area is 109 Å². The van der Waals surface area contributed by atoms with Gasteiger partial charge in [-0.2, -0.15) is 0 Å². The van der Waals surface area contributed by atoms with Crippen LogP contribution in [0.4, 0.5) is 11.6 Å². The van der Waals surface area contributed by atoms with Gasteiger partial charge in [0.25, 0.3) is 5.91 Å². The molecule has 6 nitrogen and oxygen atoms in total. The predicted octanol–water partition coefficient (Wildman–Crippen LogP) is 2.19. The summed E-state index contributed by atoms with van der Waals surface area (Å²) in [7, 11) is 0. The Hall–Kier alpha value is -2.63. The summed E-state index contributed by atoms with van der Waals surface area (Å²) in [5, 5.41) is 5.14. The zero-order valence-electron chi connectivity index (χ0n) is 10.6. The number of aryl methyl sites for hydroxylation is 1. The molecule has 2 aromatic heterocycles. The van der Waals surface area contributed by atoms with E-state index in [9.17, 15) is 9.59 Å². The van der Waals surface area contributed by atoms with Crippen molar-refractivity contribution in [2.75, 3.05) is 10.6 Å². The van der Waals surface area contributed by atoms with E-state index in [2.05, 4.69) is 15.6 Å². The molecule has 19 heavy (non-hydrogen) atoms. The van der Waals surface area contributed by atoms with Crippen LogP contribution in [0.3, 0.4) is 0 Å². The number of carbonyl (C=O) groups is 2. The molecule has 0 saturated heterocycles. The fraction of sp³-hybridized carbons (Fsp3) is 0.154. The average molecular weight is 259 g/mol. The second-order valence-corrected chi connectivity index (χ2v) is 3.99. The van der Waals surface area contributed by atoms with E-state index >= 15 is 0 Å². The molecule has 2 rings (SSSR count). The third kappa shape index (κ3) is 3.41. The van der Waals surface area contributed by atoms with E-state index < -0.39 is 0 Å². The SMILES string of the molecule is CC(=O)Nc1ccc(C(=O)Nc2ccnc(C)c2)o1. The van der Waals surface area contributed by atoms with Gasteiger partial charge in [0.2, 0.25) is 5.91 Å². The number of aromatic nitrogens is 1. The molecule has 2 heterocycles. The third-order valence-corrected chi connectivity index (χ3v) is 2.28. The van der Waals surface area contributed by atoms with Crippen molar-refractivity contribution < 1.29 is 14.0 Å². The fourth-order valence-electron chi connectivity index (χ4n) is 1.52. The van der Waals surface area contributed by atoms with Gasteiger partial charge in [-0.15, -0.1) is 0 Å². The Morgan fingerprint density at radius 2 is 2.00 bits per heavy atom. The molecule has 0 saturated carbocycles. The van der Waals surface area contributed by atoms with Gasteiger partial charge in [-0.3, -0.25) is 19.9 Å². The van der Waals surface area contributed by atoms with Gasteiger partial charge in [0, 0.05) is 30.6 Å². The average Bonchev–Trinajstić information content (AvgIpc) is 2.76. The lowest BCUT2D eigenvalue weighted by Crippen LogP contribution is -2.11. The minimum absolute atomic E-state index is 0.123. The molecule has 0 unspecified atom stereocenters. The number of nitrogens with one attached hydrogen (secondary N) is 2. The molecule has 0 aliphatic carbocycles. The van der Waals surface area contributed by atoms with Crippen LogP contribution in [-0.2, 0) is 4.79 Å². The van der Waals surface area contributed by atoms with Crippen molar-refractivity contribution in [3.63, 3.8) is 0 Å². The van der Waals surface area contributed by atoms with Crippen LogP contribution in [0.25, 0.3) is 0 Å². The summed E-state index contributed by atoms with van der Waals surface area (Å²) in [5.74, 6) is -0.282. The maximum atomic E-state index is 11.9. The number of furan rings is 1. The fourth-order valence-corrected chi connectivity index (χ4v) is 1.52. The number of carbonyl (C=O) groups excluding carboxylic acids is 2. The molecule has 0 spiro atoms. The zero-order valence-corrected chi connectivity index (χ0v) is 10.6. The molecule has 0 radical (unpaired) electrons. The minimum atomic E-state index is -0.387. The number of hydrogen-bond donors (Lipinski definition) is 2. The Kier molecular flexibility index (Phi) is 3.61. The third-order valence-electron chi connectivity index (χ3n) is 2.28. The summed E-state index contributed by atoms with van der Waals surface area (Å²) in [4.78, 5) is 26.8. The van der Waals surface area contributed by atoms with E-state index in [1.807, 2.05) is 6.92 Å². The number of anilines is 2. The molecule has 0 aromatic carbocycles. The topological polar surface area (TPSA) is 84.2 Å². The Morgan fingerprint density at radius 1 is 1.21 bits per heavy atom. The van der Waals surface area contributed by atoms with Gasteiger partial charge < -0.3 is 9.73 Å². The first-order valence-corrected chi connectivity index (χ1v) is 5.66. The van der Waals surface area contributed by atoms with Crippen molar-refractivity contribution in [1.29, 1.82) is 0 Å². The van der Waals surface area contributed by atoms with Crippen molar-refractivity contribution in [2.24, 2.45) is 0 Å². The summed E-state index contributed by atoms with van der Waals surface area (Å²) < 4.78 is 5.20. The maximum absolute atomic E-state index is 11.9. The highest BCUT2D eigenvalue weighted by Gasteiger charge is 2.12. The Morgan fingerprint density at radius 3 is 2.68 bits per heavy atom. The lowest BCUT2D eigenvalue weighted by atomic mass is 10.3. The normalized spacial score (nSPS) is 10.0. The van der Waals surface area contributed by atoms with Crippen LogP contribution in [0, 0.1) is 6.92 Å². The number of rotatable bonds is 3. The molecule has 6 heteroatoms. The minimum Gasteiger partial charge on any atom is -0.435 e. The first-order valence-electron chi connectivity index (χ1n) is 5.66. The molecule has 98 valence electrons. The molecule has 2 aromatic rings. The van der Waals surface area contributed by atoms with E-state index in [1.165, 1.54) is 19.1 Å². The van der Waals surface area contributed by atoms with E-state index in [-0.39, 0.29) is 23.5 Å². The van der Waals surface area contributed by atoms with Gasteiger partial charge in [-0.25, -0.2) is 0 Å². The van der Waals surface area contributed by atoms with Crippen molar-refractivity contribution in [2.45, 2.75) is 13.8 Å². The number of hydrogen-bond acceptors (Lipinski definition) is 4. The summed E-state index contributed by atoms with van der Waals surface area (Å²) >= 11 is 0. The zero-order chi connectivity index (χ0) is 13.8. The van der Waals surface area contributed by atoms with Gasteiger partial charge >= 0.3 is 0 Å². The first kappa shape index (κ1) is 12.8. The van der Waals surface area contributed by atoms with Gasteiger partial charge in [0.15, 0.2) is 11.6 Å². The lowest BCUT2D eigenvalue weighted by molar-refractivity contribution is -0.114. The highest BCUT2D eigenvalue weighted by molar-refractivity contribution is 6.02. The summed E-state index contributed by atoms with van der Waals surface area (Å²) in [6.45, 7) is 3.19. The molecule has 2 amide bonds. The smallest absolute Gasteiger partial charge is 0.291 e. The van der Waals surface area contributed by atoms with Crippen LogP contribution in [0.5, 0.6) is 0 Å². The first-order chi connectivity index (χ1) is 9.04. The van der Waals surface area contributed by atoms with Crippen LogP contribution in [0.1, 0.15) is 23.2 Å². The van der Waals surface area contributed by atoms with Crippen LogP contribution >= 0.6 is 0 Å². The molecule has 0 aliphatic rings. The van der Waals surface area contributed by atoms with Crippen LogP contribution in [-0.4, -0.2) is 16.8 Å². The number of nitrogens with zero attached hydrogens (tertiary/aromatic N) is 1. The van der Waals surface area contributed by atoms with E-state index in [0.717, 1.165) is 5.69 Å². The van der Waals surface area contributed by atoms with E-state index in [0.29, 0.717) is 5.69 Å². The summed E-state index contributed by atoms with van der Waals surface area (Å²) in [6.07, 6.45) is 1.61. The largest absolute Gasteiger partial charge is 0.435 e. The van der Waals surface area contributed by atoms with Crippen molar-refractivity contribution in [1.82, 2.24) is 4.98 Å². The van der Waals surface area contributed by atoms with Crippen LogP contribution < -0.4 is 10.6 Å². The second kappa shape index (κ2) is 5.34. The monoisotopic (exact) mass is 259 g/mol. The molecule has 0 aliphatic heterocycles. The standard InChI is InChI=1S/C13H13N3O3/c1-8-7-10(5-6-14-8)16-13(18)11-3-4-12(19-11)15-9(2)17/h3-7H,1-2H3,(H,15,17)(H,14,16,18). The summed E-state index contributed by atoms with van der Waals surface area (Å²) in [5.41, 5.74) is 1.44. The van der Waals surface area contributed by atoms with E-state index in [4.69, 9.17) is 4.42 Å². The molecular formula is C13H13N3O3. The van der Waals surface area contributed by atoms with Crippen molar-refractivity contribution in [3.8, 4) is 0 Å². The lowest BCUT2D eigenvalue weighted by Gasteiger charge is -2.03. The second-order valence-electron chi connectivity index (χ2n) is 3.99. The molecular weight excluding hydrogens is 246 g/mol. The molecule has 0 bridgehead atoms. The Bertz CT molecular complexity index is 619. The van der Waals surface area contributed by atoms with Crippen LogP contribution in [0.15, 0.2) is 34.9 Å². The number of pyridine rings is 1. The highest BCUT2D eigenvalue weighted by Crippen LogP contribution is 2.15. The molecule has 0 atom stereocenters. The molecule has 0 fully saturated rings. The highest BCUT2D eigenvalue weighted by atomic mass is 16.4. The van der Waals surface area contributed by atoms with Gasteiger partial charge in [0.05, 0.1) is 0 Å². The van der Waals surface area contributed by atoms with Crippen molar-refractivity contribution in [3.05, 3.63) is 41.9 Å². The van der Waals surface area contributed by atoms with Crippen LogP contribution in [0.2, 0.25) is 0 Å². The summed E-state index contributed by atoms with van der Waals surface area (Å²) in [6, 6.07) is 6.45. The van der Waals surface area contributed by atoms with Gasteiger partial charge in [0.1, 0.15) is 0 Å². The Balaban J connectivity index is 2.07. The quantitative estimate of drug-likeness (QED) is 0.884. The van der Waals surface area contributed by atoms with Crippen molar-refractivity contribution >= 4 is 23.4 Å². The maximum Gasteiger partial charge on any atom is 0.291 e.